The third-order valence-corrected chi connectivity index (χ3v) is 5.97. The van der Waals surface area contributed by atoms with Gasteiger partial charge in [-0.3, -0.25) is 14.8 Å². The van der Waals surface area contributed by atoms with E-state index in [2.05, 4.69) is 51.3 Å². The van der Waals surface area contributed by atoms with Crippen LogP contribution >= 0.6 is 0 Å². The number of pyridine rings is 1. The van der Waals surface area contributed by atoms with Crippen molar-refractivity contribution in [2.75, 3.05) is 29.9 Å². The van der Waals surface area contributed by atoms with Gasteiger partial charge in [-0.15, -0.1) is 0 Å². The molecule has 1 saturated heterocycles. The summed E-state index contributed by atoms with van der Waals surface area (Å²) in [5.74, 6) is -0.319. The van der Waals surface area contributed by atoms with Crippen molar-refractivity contribution in [2.45, 2.75) is 46.6 Å². The Bertz CT molecular complexity index is 1330. The number of nitrogens with zero attached hydrogens (tertiary/aromatic N) is 5. The molecule has 4 heterocycles. The van der Waals surface area contributed by atoms with Crippen LogP contribution in [0.4, 0.5) is 11.4 Å². The molecule has 4 aromatic rings. The van der Waals surface area contributed by atoms with Gasteiger partial charge in [0.25, 0.3) is 5.91 Å². The lowest BCUT2D eigenvalue weighted by atomic mass is 10.1. The van der Waals surface area contributed by atoms with Gasteiger partial charge in [0.1, 0.15) is 11.0 Å². The van der Waals surface area contributed by atoms with Crippen LogP contribution in [-0.2, 0) is 0 Å². The summed E-state index contributed by atoms with van der Waals surface area (Å²) in [6, 6.07) is 5.58. The molecule has 0 radical (unpaired) electrons. The number of aryl methyl sites for hydroxylation is 1. The second-order valence-electron chi connectivity index (χ2n) is 8.87. The van der Waals surface area contributed by atoms with Crippen molar-refractivity contribution in [3.63, 3.8) is 0 Å². The van der Waals surface area contributed by atoms with Crippen molar-refractivity contribution in [3.05, 3.63) is 54.2 Å². The molecule has 9 nitrogen and oxygen atoms in total. The van der Waals surface area contributed by atoms with Crippen LogP contribution in [0, 0.1) is 6.92 Å². The molecule has 1 unspecified atom stereocenters. The molecule has 0 aliphatic carbocycles. The van der Waals surface area contributed by atoms with E-state index in [9.17, 15) is 9.90 Å². The lowest BCUT2D eigenvalue weighted by molar-refractivity contribution is 0.102. The number of imidazole rings is 1. The van der Waals surface area contributed by atoms with E-state index in [4.69, 9.17) is 0 Å². The van der Waals surface area contributed by atoms with Gasteiger partial charge < -0.3 is 25.0 Å². The summed E-state index contributed by atoms with van der Waals surface area (Å²) in [5.41, 5.74) is 4.33. The van der Waals surface area contributed by atoms with Crippen LogP contribution in [0.25, 0.3) is 16.7 Å². The Kier molecular flexibility index (Phi) is 7.45. The van der Waals surface area contributed by atoms with Gasteiger partial charge in [-0.1, -0.05) is 26.7 Å². The second kappa shape index (κ2) is 10.7. The van der Waals surface area contributed by atoms with Gasteiger partial charge >= 0.3 is 0 Å². The predicted octanol–water partition coefficient (Wildman–Crippen LogP) is 4.15. The average molecular weight is 476 g/mol. The number of hydrogen-bond acceptors (Lipinski definition) is 7. The Morgan fingerprint density at radius 2 is 1.91 bits per heavy atom. The molecule has 3 aromatic heterocycles. The smallest absolute Gasteiger partial charge is 0.257 e. The predicted molar refractivity (Wildman–Crippen MR) is 139 cm³/mol. The first-order chi connectivity index (χ1) is 16.9. The van der Waals surface area contributed by atoms with Crippen LogP contribution in [0.15, 0.2) is 43.0 Å². The Labute approximate surface area is 205 Å². The van der Waals surface area contributed by atoms with Crippen LogP contribution in [0.2, 0.25) is 0 Å². The SMILES string of the molecule is CCCC.Cc1cn2cc(NC(=O)c3ccc(N4CCNC(C)C4)c4nccnc34)cc(O)c2n1. The number of carbonyl (C=O) groups is 1. The monoisotopic (exact) mass is 475 g/mol. The summed E-state index contributed by atoms with van der Waals surface area (Å²) in [5, 5.41) is 16.6. The molecule has 0 spiro atoms. The molecule has 3 N–H and O–H groups in total. The third kappa shape index (κ3) is 5.35. The van der Waals surface area contributed by atoms with E-state index in [1.807, 2.05) is 13.0 Å². The molecule has 0 bridgehead atoms. The number of fused-ring (bicyclic) bond motifs is 2. The fourth-order valence-electron chi connectivity index (χ4n) is 4.10. The fraction of sp³-hybridized carbons (Fsp3) is 0.385. The number of benzene rings is 1. The minimum Gasteiger partial charge on any atom is -0.504 e. The molecule has 184 valence electrons. The third-order valence-electron chi connectivity index (χ3n) is 5.97. The number of carbonyl (C=O) groups excluding carboxylic acids is 1. The summed E-state index contributed by atoms with van der Waals surface area (Å²) >= 11 is 0. The number of hydrogen-bond donors (Lipinski definition) is 3. The molecule has 1 fully saturated rings. The summed E-state index contributed by atoms with van der Waals surface area (Å²) in [6.45, 7) is 11.0. The number of anilines is 2. The van der Waals surface area contributed by atoms with E-state index < -0.39 is 0 Å². The van der Waals surface area contributed by atoms with E-state index in [-0.39, 0.29) is 11.7 Å². The highest BCUT2D eigenvalue weighted by Crippen LogP contribution is 2.29. The highest BCUT2D eigenvalue weighted by atomic mass is 16.3. The maximum Gasteiger partial charge on any atom is 0.257 e. The average Bonchev–Trinajstić information content (AvgIpc) is 3.24. The number of rotatable bonds is 4. The van der Waals surface area contributed by atoms with Crippen molar-refractivity contribution in [2.24, 2.45) is 0 Å². The molecule has 1 aliphatic rings. The van der Waals surface area contributed by atoms with Crippen molar-refractivity contribution in [3.8, 4) is 5.75 Å². The van der Waals surface area contributed by atoms with Gasteiger partial charge in [0.2, 0.25) is 0 Å². The van der Waals surface area contributed by atoms with Crippen molar-refractivity contribution in [1.29, 1.82) is 0 Å². The number of aromatic hydroxyl groups is 1. The summed E-state index contributed by atoms with van der Waals surface area (Å²) < 4.78 is 1.69. The van der Waals surface area contributed by atoms with Crippen LogP contribution in [0.3, 0.4) is 0 Å². The molecule has 35 heavy (non-hydrogen) atoms. The lowest BCUT2D eigenvalue weighted by Crippen LogP contribution is -2.49. The Morgan fingerprint density at radius 1 is 1.17 bits per heavy atom. The van der Waals surface area contributed by atoms with E-state index in [0.717, 1.165) is 31.0 Å². The molecule has 0 saturated carbocycles. The molecular weight excluding hydrogens is 442 g/mol. The first-order valence-corrected chi connectivity index (χ1v) is 12.1. The first kappa shape index (κ1) is 24.4. The van der Waals surface area contributed by atoms with Crippen LogP contribution in [-0.4, -0.2) is 56.0 Å². The normalized spacial score (nSPS) is 15.7. The minimum absolute atomic E-state index is 0.00118. The molecule has 5 rings (SSSR count). The summed E-state index contributed by atoms with van der Waals surface area (Å²) in [6.07, 6.45) is 9.38. The quantitative estimate of drug-likeness (QED) is 0.407. The van der Waals surface area contributed by atoms with Gasteiger partial charge in [-0.2, -0.15) is 0 Å². The number of nitrogens with one attached hydrogen (secondary N) is 2. The van der Waals surface area contributed by atoms with E-state index >= 15 is 0 Å². The van der Waals surface area contributed by atoms with E-state index in [1.54, 1.807) is 35.3 Å². The summed E-state index contributed by atoms with van der Waals surface area (Å²) in [7, 11) is 0. The largest absolute Gasteiger partial charge is 0.504 e. The zero-order valence-corrected chi connectivity index (χ0v) is 20.7. The van der Waals surface area contributed by atoms with Gasteiger partial charge in [0.05, 0.1) is 22.6 Å². The van der Waals surface area contributed by atoms with E-state index in [0.29, 0.717) is 34.0 Å². The topological polar surface area (TPSA) is 108 Å². The molecule has 1 atom stereocenters. The highest BCUT2D eigenvalue weighted by Gasteiger charge is 2.21. The van der Waals surface area contributed by atoms with Gasteiger partial charge in [0, 0.05) is 56.5 Å². The van der Waals surface area contributed by atoms with Crippen LogP contribution in [0.5, 0.6) is 5.75 Å². The zero-order valence-electron chi connectivity index (χ0n) is 20.7. The maximum absolute atomic E-state index is 13.1. The van der Waals surface area contributed by atoms with E-state index in [1.165, 1.54) is 18.9 Å². The Morgan fingerprint density at radius 3 is 2.63 bits per heavy atom. The van der Waals surface area contributed by atoms with Gasteiger partial charge in [-0.05, 0) is 26.0 Å². The molecule has 1 amide bonds. The Hall–Kier alpha value is -3.72. The number of piperazine rings is 1. The highest BCUT2D eigenvalue weighted by molar-refractivity contribution is 6.13. The molecular formula is C26H33N7O2. The number of unbranched alkanes of at least 4 members (excludes halogenated alkanes) is 1. The Balaban J connectivity index is 0.000000672. The lowest BCUT2D eigenvalue weighted by Gasteiger charge is -2.34. The fourth-order valence-corrected chi connectivity index (χ4v) is 4.10. The molecule has 9 heteroatoms. The maximum atomic E-state index is 13.1. The van der Waals surface area contributed by atoms with Crippen molar-refractivity contribution in [1.82, 2.24) is 24.7 Å². The second-order valence-corrected chi connectivity index (χ2v) is 8.87. The van der Waals surface area contributed by atoms with Crippen LogP contribution in [0.1, 0.15) is 49.7 Å². The van der Waals surface area contributed by atoms with Gasteiger partial charge in [0.15, 0.2) is 11.4 Å². The zero-order chi connectivity index (χ0) is 24.9. The number of aromatic nitrogens is 4. The first-order valence-electron chi connectivity index (χ1n) is 12.1. The van der Waals surface area contributed by atoms with Crippen molar-refractivity contribution >= 4 is 34.0 Å². The van der Waals surface area contributed by atoms with Crippen LogP contribution < -0.4 is 15.5 Å². The van der Waals surface area contributed by atoms with Crippen molar-refractivity contribution < 1.29 is 9.90 Å². The standard InChI is InChI=1S/C22H23N7O2.C4H10/c1-13-10-28(8-7-23-13)17-4-3-16(19-20(17)25-6-5-24-19)22(31)27-15-9-18(30)21-26-14(2)11-29(21)12-15;1-3-4-2/h3-6,9,11-13,23,30H,7-8,10H2,1-2H3,(H,27,31);3-4H2,1-2H3. The number of amides is 1. The minimum atomic E-state index is -0.318. The van der Waals surface area contributed by atoms with Gasteiger partial charge in [-0.25, -0.2) is 4.98 Å². The molecule has 1 aliphatic heterocycles. The molecule has 1 aromatic carbocycles. The summed E-state index contributed by atoms with van der Waals surface area (Å²) in [4.78, 5) is 28.6.